The molecule has 0 spiro atoms. The second-order valence-electron chi connectivity index (χ2n) is 7.60. The number of thiocarbonyl (C=S) groups is 1. The molecule has 0 aliphatic carbocycles. The summed E-state index contributed by atoms with van der Waals surface area (Å²) in [5.41, 5.74) is 1.19. The zero-order valence-corrected chi connectivity index (χ0v) is 20.2. The predicted molar refractivity (Wildman–Crippen MR) is 140 cm³/mol. The van der Waals surface area contributed by atoms with Gasteiger partial charge in [0.25, 0.3) is 11.5 Å². The van der Waals surface area contributed by atoms with Crippen LogP contribution >= 0.6 is 24.0 Å². The van der Waals surface area contributed by atoms with E-state index in [4.69, 9.17) is 21.7 Å². The molecule has 0 bridgehead atoms. The van der Waals surface area contributed by atoms with Crippen LogP contribution in [0.4, 0.5) is 0 Å². The first-order valence-corrected chi connectivity index (χ1v) is 11.9. The molecule has 0 atom stereocenters. The molecule has 1 fully saturated rings. The second kappa shape index (κ2) is 9.73. The Hall–Kier alpha value is -3.95. The van der Waals surface area contributed by atoms with Gasteiger partial charge in [-0.25, -0.2) is 0 Å². The van der Waals surface area contributed by atoms with Crippen LogP contribution in [-0.4, -0.2) is 31.6 Å². The van der Waals surface area contributed by atoms with Crippen LogP contribution in [0, 0.1) is 0 Å². The number of carbonyl (C=O) groups is 1. The number of pyridine rings is 1. The van der Waals surface area contributed by atoms with Crippen molar-refractivity contribution in [2.45, 2.75) is 6.54 Å². The monoisotopic (exact) mass is 501 g/mol. The van der Waals surface area contributed by atoms with Crippen molar-refractivity contribution in [2.75, 3.05) is 7.11 Å². The quantitative estimate of drug-likeness (QED) is 0.275. The molecule has 35 heavy (non-hydrogen) atoms. The summed E-state index contributed by atoms with van der Waals surface area (Å²) in [5, 5.41) is 0. The SMILES string of the molecule is COc1ccc(Oc2nc3ccccn3c(=O)c2/C=C2\SC(=S)N(Cc3ccccc3)C2=O)cc1. The van der Waals surface area contributed by atoms with E-state index in [0.29, 0.717) is 32.9 Å². The highest BCUT2D eigenvalue weighted by molar-refractivity contribution is 8.26. The molecule has 1 aliphatic rings. The second-order valence-corrected chi connectivity index (χ2v) is 9.27. The van der Waals surface area contributed by atoms with E-state index in [2.05, 4.69) is 4.98 Å². The first-order valence-electron chi connectivity index (χ1n) is 10.7. The van der Waals surface area contributed by atoms with E-state index < -0.39 is 0 Å². The maximum Gasteiger partial charge on any atom is 0.269 e. The summed E-state index contributed by atoms with van der Waals surface area (Å²) in [5.74, 6) is 0.979. The van der Waals surface area contributed by atoms with E-state index >= 15 is 0 Å². The average Bonchev–Trinajstić information content (AvgIpc) is 3.14. The zero-order chi connectivity index (χ0) is 24.4. The third-order valence-electron chi connectivity index (χ3n) is 5.34. The number of nitrogens with zero attached hydrogens (tertiary/aromatic N) is 3. The minimum absolute atomic E-state index is 0.0969. The molecule has 1 saturated heterocycles. The molecule has 0 N–H and O–H groups in total. The van der Waals surface area contributed by atoms with Crippen LogP contribution in [0.3, 0.4) is 0 Å². The summed E-state index contributed by atoms with van der Waals surface area (Å²) in [6.45, 7) is 0.354. The van der Waals surface area contributed by atoms with Gasteiger partial charge < -0.3 is 9.47 Å². The lowest BCUT2D eigenvalue weighted by Crippen LogP contribution is -2.27. The molecule has 2 aromatic heterocycles. The minimum Gasteiger partial charge on any atom is -0.497 e. The highest BCUT2D eigenvalue weighted by atomic mass is 32.2. The summed E-state index contributed by atoms with van der Waals surface area (Å²) in [4.78, 5) is 33.0. The van der Waals surface area contributed by atoms with Gasteiger partial charge in [0.05, 0.1) is 18.6 Å². The Labute approximate surface area is 210 Å². The van der Waals surface area contributed by atoms with E-state index in [1.165, 1.54) is 15.4 Å². The van der Waals surface area contributed by atoms with Crippen LogP contribution in [0.25, 0.3) is 11.7 Å². The van der Waals surface area contributed by atoms with Gasteiger partial charge in [-0.1, -0.05) is 60.4 Å². The predicted octanol–water partition coefficient (Wildman–Crippen LogP) is 4.90. The molecule has 0 unspecified atom stereocenters. The van der Waals surface area contributed by atoms with Crippen molar-refractivity contribution in [3.05, 3.63) is 105 Å². The summed E-state index contributed by atoms with van der Waals surface area (Å²) in [6.07, 6.45) is 3.14. The topological polar surface area (TPSA) is 73.1 Å². The number of methoxy groups -OCH3 is 1. The number of benzene rings is 2. The van der Waals surface area contributed by atoms with Crippen molar-refractivity contribution in [2.24, 2.45) is 0 Å². The number of carbonyl (C=O) groups excluding carboxylic acids is 1. The molecular weight excluding hydrogens is 482 g/mol. The van der Waals surface area contributed by atoms with Gasteiger partial charge in [0, 0.05) is 6.20 Å². The van der Waals surface area contributed by atoms with Gasteiger partial charge in [-0.3, -0.25) is 18.9 Å². The van der Waals surface area contributed by atoms with Crippen LogP contribution < -0.4 is 15.0 Å². The molecule has 3 heterocycles. The van der Waals surface area contributed by atoms with E-state index in [-0.39, 0.29) is 22.9 Å². The van der Waals surface area contributed by atoms with Gasteiger partial charge in [-0.15, -0.1) is 0 Å². The lowest BCUT2D eigenvalue weighted by atomic mass is 10.2. The number of fused-ring (bicyclic) bond motifs is 1. The Bertz CT molecular complexity index is 1520. The smallest absolute Gasteiger partial charge is 0.269 e. The average molecular weight is 502 g/mol. The minimum atomic E-state index is -0.354. The third-order valence-corrected chi connectivity index (χ3v) is 6.72. The van der Waals surface area contributed by atoms with Gasteiger partial charge in [0.15, 0.2) is 0 Å². The Morgan fingerprint density at radius 1 is 0.971 bits per heavy atom. The fourth-order valence-corrected chi connectivity index (χ4v) is 4.81. The highest BCUT2D eigenvalue weighted by Gasteiger charge is 2.32. The highest BCUT2D eigenvalue weighted by Crippen LogP contribution is 2.35. The summed E-state index contributed by atoms with van der Waals surface area (Å²) < 4.78 is 13.0. The largest absolute Gasteiger partial charge is 0.497 e. The van der Waals surface area contributed by atoms with Gasteiger partial charge in [0.1, 0.15) is 27.0 Å². The van der Waals surface area contributed by atoms with Crippen molar-refractivity contribution >= 4 is 45.9 Å². The summed E-state index contributed by atoms with van der Waals surface area (Å²) in [7, 11) is 1.58. The Kier molecular flexibility index (Phi) is 6.35. The lowest BCUT2D eigenvalue weighted by molar-refractivity contribution is -0.122. The normalized spacial score (nSPS) is 14.7. The number of hydrogen-bond donors (Lipinski definition) is 0. The number of rotatable bonds is 6. The standard InChI is InChI=1S/C26H19N3O4S2/c1-32-18-10-12-19(13-11-18)33-23-20(24(30)28-14-6-5-9-22(28)27-23)15-21-25(31)29(26(34)35-21)16-17-7-3-2-4-8-17/h2-15H,16H2,1H3/b21-15-. The Morgan fingerprint density at radius 3 is 2.43 bits per heavy atom. The van der Waals surface area contributed by atoms with Gasteiger partial charge in [0.2, 0.25) is 5.88 Å². The molecule has 2 aromatic carbocycles. The Morgan fingerprint density at radius 2 is 1.69 bits per heavy atom. The maximum atomic E-state index is 13.4. The summed E-state index contributed by atoms with van der Waals surface area (Å²) >= 11 is 6.62. The molecule has 1 amide bonds. The van der Waals surface area contributed by atoms with E-state index in [1.54, 1.807) is 55.8 Å². The first-order chi connectivity index (χ1) is 17.0. The maximum absolute atomic E-state index is 13.4. The molecule has 7 nitrogen and oxygen atoms in total. The van der Waals surface area contributed by atoms with Crippen LogP contribution in [0.5, 0.6) is 17.4 Å². The fraction of sp³-hybridized carbons (Fsp3) is 0.0769. The number of ether oxygens (including phenoxy) is 2. The van der Waals surface area contributed by atoms with Crippen LogP contribution in [0.15, 0.2) is 88.7 Å². The number of thioether (sulfide) groups is 1. The molecular formula is C26H19N3O4S2. The van der Waals surface area contributed by atoms with Gasteiger partial charge >= 0.3 is 0 Å². The van der Waals surface area contributed by atoms with E-state index in [9.17, 15) is 9.59 Å². The van der Waals surface area contributed by atoms with Crippen molar-refractivity contribution in [1.29, 1.82) is 0 Å². The number of amides is 1. The van der Waals surface area contributed by atoms with Crippen LogP contribution in [-0.2, 0) is 11.3 Å². The lowest BCUT2D eigenvalue weighted by Gasteiger charge is -2.14. The first kappa shape index (κ1) is 22.8. The van der Waals surface area contributed by atoms with E-state index in [0.717, 1.165) is 17.3 Å². The van der Waals surface area contributed by atoms with Crippen LogP contribution in [0.1, 0.15) is 11.1 Å². The Balaban J connectivity index is 1.55. The van der Waals surface area contributed by atoms with Crippen molar-refractivity contribution in [3.8, 4) is 17.4 Å². The molecule has 4 aromatic rings. The van der Waals surface area contributed by atoms with E-state index in [1.807, 2.05) is 30.3 Å². The van der Waals surface area contributed by atoms with Crippen molar-refractivity contribution < 1.29 is 14.3 Å². The molecule has 0 saturated carbocycles. The number of aromatic nitrogens is 2. The molecule has 174 valence electrons. The van der Waals surface area contributed by atoms with Gasteiger partial charge in [-0.2, -0.15) is 4.98 Å². The third kappa shape index (κ3) is 4.68. The molecule has 1 aliphatic heterocycles. The van der Waals surface area contributed by atoms with Crippen LogP contribution in [0.2, 0.25) is 0 Å². The number of hydrogen-bond acceptors (Lipinski definition) is 7. The van der Waals surface area contributed by atoms with Crippen molar-refractivity contribution in [3.63, 3.8) is 0 Å². The molecule has 9 heteroatoms. The molecule has 5 rings (SSSR count). The zero-order valence-electron chi connectivity index (χ0n) is 18.6. The molecule has 0 radical (unpaired) electrons. The summed E-state index contributed by atoms with van der Waals surface area (Å²) in [6, 6.07) is 21.8. The van der Waals surface area contributed by atoms with Crippen molar-refractivity contribution in [1.82, 2.24) is 14.3 Å². The fourth-order valence-electron chi connectivity index (χ4n) is 3.57. The van der Waals surface area contributed by atoms with Gasteiger partial charge in [-0.05, 0) is 48.0 Å².